The van der Waals surface area contributed by atoms with Crippen molar-refractivity contribution >= 4 is 68.5 Å². The molecule has 8 heterocycles. The number of carbonyl (C=O) groups is 2. The number of hydrogen-bond acceptors (Lipinski definition) is 11. The molecule has 0 atom stereocenters. The van der Waals surface area contributed by atoms with E-state index in [1.807, 2.05) is 62.4 Å². The van der Waals surface area contributed by atoms with Crippen molar-refractivity contribution in [2.24, 2.45) is 5.73 Å². The first-order chi connectivity index (χ1) is 32.3. The average Bonchev–Trinajstić information content (AvgIpc) is 4.00. The molecule has 6 aromatic heterocycles. The van der Waals surface area contributed by atoms with Gasteiger partial charge in [0.1, 0.15) is 11.6 Å². The third-order valence-corrected chi connectivity index (χ3v) is 12.5. The Labute approximate surface area is 398 Å². The van der Waals surface area contributed by atoms with E-state index in [9.17, 15) is 9.59 Å². The molecule has 1 amide bonds. The molecule has 15 heteroatoms. The van der Waals surface area contributed by atoms with Gasteiger partial charge in [-0.2, -0.15) is 0 Å². The summed E-state index contributed by atoms with van der Waals surface area (Å²) in [5.74, 6) is 0.969. The molecule has 0 saturated heterocycles. The highest BCUT2D eigenvalue weighted by Gasteiger charge is 2.20. The zero-order valence-electron chi connectivity index (χ0n) is 37.7. The standard InChI is InChI=1S/C26H24ClN5O.C16H11ClN2O2.C10H15N3/c1-15-22-6-8-29-25(22)32-16(2)23(15)14-31-26(33)18-5-7-28-21(12-18)10-17-3-4-24-19(9-17)11-20(27)13-30-24;17-13-7-12-5-10(1-2-15(12)19-9-13)6-14-8-11(16(20)21)3-4-18-14;1-6-8-3-4-12-10(8)13-7(2)9(6)5-11/h3-5,7,9,11-13H,6,8,10,14H2,1-2H3,(H,29,32)(H,31,33);1-5,7-9H,6H2,(H,20,21);3-5,11H2,1-2H3,(H,12,13). The topological polar surface area (TPSA) is 194 Å². The lowest BCUT2D eigenvalue weighted by atomic mass is 10.0. The Bertz CT molecular complexity index is 3180. The van der Waals surface area contributed by atoms with Crippen LogP contribution in [0.15, 0.2) is 97.6 Å². The second-order valence-electron chi connectivity index (χ2n) is 16.6. The summed E-state index contributed by atoms with van der Waals surface area (Å²) < 4.78 is 0. The van der Waals surface area contributed by atoms with Gasteiger partial charge in [-0.1, -0.05) is 35.3 Å². The van der Waals surface area contributed by atoms with Gasteiger partial charge in [-0.15, -0.1) is 0 Å². The Morgan fingerprint density at radius 2 is 1.15 bits per heavy atom. The number of carbonyl (C=O) groups excluding carboxylic acids is 1. The monoisotopic (exact) mass is 932 g/mol. The molecule has 0 saturated carbocycles. The van der Waals surface area contributed by atoms with Crippen LogP contribution in [0.5, 0.6) is 0 Å². The van der Waals surface area contributed by atoms with Crippen LogP contribution in [-0.4, -0.2) is 60.0 Å². The quantitative estimate of drug-likeness (QED) is 0.0922. The van der Waals surface area contributed by atoms with Crippen LogP contribution in [0.4, 0.5) is 11.6 Å². The summed E-state index contributed by atoms with van der Waals surface area (Å²) in [7, 11) is 0. The molecule has 2 aromatic carbocycles. The number of aryl methyl sites for hydroxylation is 2. The van der Waals surface area contributed by atoms with E-state index in [1.165, 1.54) is 40.1 Å². The molecule has 0 bridgehead atoms. The Morgan fingerprint density at radius 3 is 1.67 bits per heavy atom. The van der Waals surface area contributed by atoms with E-state index < -0.39 is 5.97 Å². The maximum atomic E-state index is 12.9. The van der Waals surface area contributed by atoms with Crippen molar-refractivity contribution in [3.63, 3.8) is 0 Å². The Morgan fingerprint density at radius 1 is 0.657 bits per heavy atom. The fourth-order valence-corrected chi connectivity index (χ4v) is 8.92. The predicted octanol–water partition coefficient (Wildman–Crippen LogP) is 9.48. The largest absolute Gasteiger partial charge is 0.478 e. The van der Waals surface area contributed by atoms with Crippen molar-refractivity contribution in [2.45, 2.75) is 66.5 Å². The number of rotatable bonds is 9. The van der Waals surface area contributed by atoms with Crippen molar-refractivity contribution in [3.8, 4) is 0 Å². The van der Waals surface area contributed by atoms with E-state index in [4.69, 9.17) is 34.0 Å². The van der Waals surface area contributed by atoms with Crippen LogP contribution in [-0.2, 0) is 38.8 Å². The summed E-state index contributed by atoms with van der Waals surface area (Å²) in [6.07, 6.45) is 9.68. The van der Waals surface area contributed by atoms with Crippen molar-refractivity contribution in [2.75, 3.05) is 23.7 Å². The van der Waals surface area contributed by atoms with Gasteiger partial charge >= 0.3 is 5.97 Å². The molecule has 0 spiro atoms. The highest BCUT2D eigenvalue weighted by atomic mass is 35.5. The van der Waals surface area contributed by atoms with E-state index in [0.717, 1.165) is 93.1 Å². The van der Waals surface area contributed by atoms with Gasteiger partial charge in [0.2, 0.25) is 0 Å². The number of aromatic nitrogens is 6. The highest BCUT2D eigenvalue weighted by molar-refractivity contribution is 6.31. The zero-order valence-corrected chi connectivity index (χ0v) is 39.2. The number of carboxylic acid groups (broad SMARTS) is 1. The summed E-state index contributed by atoms with van der Waals surface area (Å²) >= 11 is 12.0. The Hall–Kier alpha value is -7.06. The number of nitrogens with zero attached hydrogens (tertiary/aromatic N) is 6. The number of aromatic carboxylic acids is 1. The van der Waals surface area contributed by atoms with Gasteiger partial charge in [0.25, 0.3) is 5.91 Å². The average molecular weight is 934 g/mol. The van der Waals surface area contributed by atoms with E-state index in [-0.39, 0.29) is 11.5 Å². The molecule has 6 N–H and O–H groups in total. The van der Waals surface area contributed by atoms with Gasteiger partial charge in [-0.25, -0.2) is 14.8 Å². The number of pyridine rings is 6. The number of hydrogen-bond donors (Lipinski definition) is 5. The fourth-order valence-electron chi connectivity index (χ4n) is 8.59. The number of fused-ring (bicyclic) bond motifs is 4. The molecular formula is C52H50Cl2N10O3. The van der Waals surface area contributed by atoms with E-state index in [2.05, 4.69) is 65.8 Å². The third-order valence-electron chi connectivity index (χ3n) is 12.1. The molecule has 2 aliphatic rings. The molecule has 67 heavy (non-hydrogen) atoms. The predicted molar refractivity (Wildman–Crippen MR) is 265 cm³/mol. The van der Waals surface area contributed by atoms with Gasteiger partial charge in [0.15, 0.2) is 0 Å². The first-order valence-corrected chi connectivity index (χ1v) is 22.7. The van der Waals surface area contributed by atoms with Crippen LogP contribution >= 0.6 is 23.2 Å². The van der Waals surface area contributed by atoms with Gasteiger partial charge in [0.05, 0.1) is 26.6 Å². The van der Waals surface area contributed by atoms with Crippen LogP contribution in [0, 0.1) is 27.7 Å². The lowest BCUT2D eigenvalue weighted by molar-refractivity contribution is 0.0696. The lowest BCUT2D eigenvalue weighted by Gasteiger charge is -2.14. The minimum absolute atomic E-state index is 0.120. The maximum absolute atomic E-state index is 12.9. The van der Waals surface area contributed by atoms with Crippen LogP contribution in [0.2, 0.25) is 10.0 Å². The second kappa shape index (κ2) is 20.6. The molecule has 340 valence electrons. The third kappa shape index (κ3) is 11.0. The van der Waals surface area contributed by atoms with Crippen molar-refractivity contribution in [3.05, 3.63) is 186 Å². The summed E-state index contributed by atoms with van der Waals surface area (Å²) in [5.41, 5.74) is 21.4. The minimum Gasteiger partial charge on any atom is -0.478 e. The van der Waals surface area contributed by atoms with Crippen LogP contribution in [0.3, 0.4) is 0 Å². The first kappa shape index (κ1) is 46.5. The molecule has 13 nitrogen and oxygen atoms in total. The summed E-state index contributed by atoms with van der Waals surface area (Å²) in [6, 6.07) is 22.3. The van der Waals surface area contributed by atoms with Crippen LogP contribution in [0.25, 0.3) is 21.8 Å². The first-order valence-electron chi connectivity index (χ1n) is 22.0. The SMILES string of the molecule is Cc1nc2c(c(C)c1CN)CCN2.Cc1nc2c(c(C)c1CNC(=O)c1ccnc(Cc3ccc4ncc(Cl)cc4c3)c1)CCN2.O=C(O)c1ccnc(Cc2ccc3ncc(Cl)cc3c2)c1. The van der Waals surface area contributed by atoms with E-state index >= 15 is 0 Å². The van der Waals surface area contributed by atoms with Gasteiger partial charge in [0, 0.05) is 103 Å². The summed E-state index contributed by atoms with van der Waals surface area (Å²) in [4.78, 5) is 50.3. The number of nitrogens with one attached hydrogen (secondary N) is 3. The second-order valence-corrected chi connectivity index (χ2v) is 17.5. The molecule has 10 rings (SSSR count). The highest BCUT2D eigenvalue weighted by Crippen LogP contribution is 2.29. The molecule has 0 aliphatic carbocycles. The molecule has 0 radical (unpaired) electrons. The van der Waals surface area contributed by atoms with Gasteiger partial charge in [-0.3, -0.25) is 24.7 Å². The van der Waals surface area contributed by atoms with Crippen molar-refractivity contribution in [1.82, 2.24) is 35.2 Å². The summed E-state index contributed by atoms with van der Waals surface area (Å²) in [5, 5.41) is 21.8. The fraction of sp³-hybridized carbons (Fsp3) is 0.231. The summed E-state index contributed by atoms with van der Waals surface area (Å²) in [6.45, 7) is 11.2. The van der Waals surface area contributed by atoms with E-state index in [1.54, 1.807) is 30.7 Å². The normalized spacial score (nSPS) is 12.2. The zero-order chi connectivity index (χ0) is 47.2. The number of amides is 1. The van der Waals surface area contributed by atoms with Crippen LogP contribution in [0.1, 0.15) is 88.0 Å². The van der Waals surface area contributed by atoms with Crippen molar-refractivity contribution < 1.29 is 14.7 Å². The Balaban J connectivity index is 0.000000152. The molecule has 0 unspecified atom stereocenters. The molecule has 2 aliphatic heterocycles. The van der Waals surface area contributed by atoms with Crippen molar-refractivity contribution in [1.29, 1.82) is 0 Å². The smallest absolute Gasteiger partial charge is 0.335 e. The van der Waals surface area contributed by atoms with Crippen LogP contribution < -0.4 is 21.7 Å². The van der Waals surface area contributed by atoms with Gasteiger partial charge < -0.3 is 26.8 Å². The minimum atomic E-state index is -0.951. The maximum Gasteiger partial charge on any atom is 0.335 e. The molecular weight excluding hydrogens is 884 g/mol. The number of benzene rings is 2. The number of halogens is 2. The lowest BCUT2D eigenvalue weighted by Crippen LogP contribution is -2.24. The molecule has 0 fully saturated rings. The number of nitrogens with two attached hydrogens (primary N) is 1. The molecule has 8 aromatic rings. The van der Waals surface area contributed by atoms with Gasteiger partial charge in [-0.05, 0) is 146 Å². The Kier molecular flexibility index (Phi) is 14.3. The van der Waals surface area contributed by atoms with E-state index in [0.29, 0.717) is 47.2 Å². The number of anilines is 2. The number of carboxylic acids is 1.